The number of morpholine rings is 1. The van der Waals surface area contributed by atoms with E-state index in [0.717, 1.165) is 32.4 Å². The average molecular weight is 510 g/mol. The highest BCUT2D eigenvalue weighted by molar-refractivity contribution is 6.03. The van der Waals surface area contributed by atoms with Crippen molar-refractivity contribution in [3.05, 3.63) is 64.1 Å². The van der Waals surface area contributed by atoms with E-state index in [1.165, 1.54) is 17.1 Å². The molecule has 5 rings (SSSR count). The standard InChI is InChI=1S/C26H31N5O6/c32-25(18-29(26(33)20-3-1-4-20)11-10-28-12-15-36-16-13-28)30-23(24-5-2-14-37-24)17-22(27-30)19-6-8-21(9-7-19)31(34)35/h2,5-9,14,20,23H,1,3-4,10-13,15-18H2. The molecule has 0 radical (unpaired) electrons. The predicted molar refractivity (Wildman–Crippen MR) is 134 cm³/mol. The van der Waals surface area contributed by atoms with Gasteiger partial charge in [0.15, 0.2) is 0 Å². The Bertz CT molecular complexity index is 1140. The number of non-ortho nitro benzene ring substituents is 1. The van der Waals surface area contributed by atoms with Crippen molar-refractivity contribution in [1.29, 1.82) is 0 Å². The van der Waals surface area contributed by atoms with Gasteiger partial charge in [0.05, 0.1) is 30.1 Å². The van der Waals surface area contributed by atoms with Crippen LogP contribution in [0, 0.1) is 16.0 Å². The topological polar surface area (TPSA) is 122 Å². The predicted octanol–water partition coefficient (Wildman–Crippen LogP) is 2.83. The first-order valence-electron chi connectivity index (χ1n) is 12.8. The third-order valence-electron chi connectivity index (χ3n) is 7.33. The largest absolute Gasteiger partial charge is 0.467 e. The van der Waals surface area contributed by atoms with Crippen molar-refractivity contribution in [3.63, 3.8) is 0 Å². The number of carbonyl (C=O) groups is 2. The van der Waals surface area contributed by atoms with Crippen LogP contribution in [0.25, 0.3) is 0 Å². The fourth-order valence-corrected chi connectivity index (χ4v) is 4.90. The van der Waals surface area contributed by atoms with Gasteiger partial charge in [-0.05, 0) is 42.7 Å². The summed E-state index contributed by atoms with van der Waals surface area (Å²) in [5, 5.41) is 17.1. The van der Waals surface area contributed by atoms with E-state index in [1.807, 2.05) is 0 Å². The van der Waals surface area contributed by atoms with E-state index in [4.69, 9.17) is 9.15 Å². The lowest BCUT2D eigenvalue weighted by atomic mass is 9.84. The number of nitro benzene ring substituents is 1. The van der Waals surface area contributed by atoms with E-state index in [9.17, 15) is 19.7 Å². The van der Waals surface area contributed by atoms with Crippen LogP contribution in [0.15, 0.2) is 52.2 Å². The van der Waals surface area contributed by atoms with Gasteiger partial charge in [0, 0.05) is 50.7 Å². The summed E-state index contributed by atoms with van der Waals surface area (Å²) < 4.78 is 11.0. The number of amides is 2. The van der Waals surface area contributed by atoms with Crippen LogP contribution >= 0.6 is 0 Å². The molecule has 11 nitrogen and oxygen atoms in total. The van der Waals surface area contributed by atoms with Crippen LogP contribution < -0.4 is 0 Å². The van der Waals surface area contributed by atoms with Crippen molar-refractivity contribution in [1.82, 2.24) is 14.8 Å². The summed E-state index contributed by atoms with van der Waals surface area (Å²) in [7, 11) is 0. The molecule has 1 aromatic carbocycles. The molecule has 3 heterocycles. The Morgan fingerprint density at radius 2 is 1.89 bits per heavy atom. The molecule has 0 spiro atoms. The minimum atomic E-state index is -0.452. The average Bonchev–Trinajstić information content (AvgIpc) is 3.56. The molecule has 1 saturated carbocycles. The Morgan fingerprint density at radius 3 is 2.51 bits per heavy atom. The summed E-state index contributed by atoms with van der Waals surface area (Å²) >= 11 is 0. The third-order valence-corrected chi connectivity index (χ3v) is 7.33. The zero-order valence-electron chi connectivity index (χ0n) is 20.7. The van der Waals surface area contributed by atoms with Crippen LogP contribution in [-0.4, -0.2) is 83.2 Å². The maximum atomic E-state index is 13.6. The summed E-state index contributed by atoms with van der Waals surface area (Å²) in [4.78, 5) is 41.4. The van der Waals surface area contributed by atoms with Gasteiger partial charge in [-0.1, -0.05) is 6.42 Å². The number of rotatable bonds is 9. The van der Waals surface area contributed by atoms with Crippen molar-refractivity contribution in [2.24, 2.45) is 11.0 Å². The number of hydrazone groups is 1. The molecule has 3 aliphatic rings. The first-order chi connectivity index (χ1) is 18.0. The molecule has 0 bridgehead atoms. The molecule has 11 heteroatoms. The van der Waals surface area contributed by atoms with Crippen LogP contribution in [0.1, 0.15) is 43.0 Å². The molecule has 2 aromatic rings. The van der Waals surface area contributed by atoms with E-state index in [-0.39, 0.29) is 30.0 Å². The second-order valence-electron chi connectivity index (χ2n) is 9.67. The SMILES string of the molecule is O=C(C1CCC1)N(CCN1CCOCC1)CC(=O)N1N=C(c2ccc([N+](=O)[O-])cc2)CC1c1ccco1. The molecule has 1 atom stereocenters. The Kier molecular flexibility index (Phi) is 7.61. The Labute approximate surface area is 214 Å². The second kappa shape index (κ2) is 11.2. The van der Waals surface area contributed by atoms with Crippen molar-refractivity contribution in [2.75, 3.05) is 45.9 Å². The van der Waals surface area contributed by atoms with E-state index in [0.29, 0.717) is 49.8 Å². The monoisotopic (exact) mass is 509 g/mol. The number of nitrogens with zero attached hydrogens (tertiary/aromatic N) is 5. The molecule has 2 fully saturated rings. The number of nitro groups is 1. The van der Waals surface area contributed by atoms with Gasteiger partial charge in [0.2, 0.25) is 5.91 Å². The van der Waals surface area contributed by atoms with Crippen LogP contribution in [0.4, 0.5) is 5.69 Å². The molecule has 196 valence electrons. The van der Waals surface area contributed by atoms with Crippen molar-refractivity contribution in [3.8, 4) is 0 Å². The number of hydrogen-bond donors (Lipinski definition) is 0. The second-order valence-corrected chi connectivity index (χ2v) is 9.67. The van der Waals surface area contributed by atoms with Gasteiger partial charge in [-0.15, -0.1) is 0 Å². The molecule has 0 N–H and O–H groups in total. The third kappa shape index (κ3) is 5.72. The van der Waals surface area contributed by atoms with Gasteiger partial charge >= 0.3 is 0 Å². The van der Waals surface area contributed by atoms with Gasteiger partial charge in [-0.25, -0.2) is 5.01 Å². The molecular formula is C26H31N5O6. The zero-order valence-corrected chi connectivity index (χ0v) is 20.7. The highest BCUT2D eigenvalue weighted by Gasteiger charge is 2.37. The molecular weight excluding hydrogens is 478 g/mol. The summed E-state index contributed by atoms with van der Waals surface area (Å²) in [6.07, 6.45) is 4.72. The minimum Gasteiger partial charge on any atom is -0.467 e. The van der Waals surface area contributed by atoms with Gasteiger partial charge in [-0.2, -0.15) is 5.10 Å². The van der Waals surface area contributed by atoms with Gasteiger partial charge in [-0.3, -0.25) is 24.6 Å². The zero-order chi connectivity index (χ0) is 25.8. The van der Waals surface area contributed by atoms with E-state index in [2.05, 4.69) is 10.0 Å². The first kappa shape index (κ1) is 25.1. The number of ether oxygens (including phenoxy) is 1. The van der Waals surface area contributed by atoms with Crippen LogP contribution in [0.3, 0.4) is 0 Å². The Morgan fingerprint density at radius 1 is 1.14 bits per heavy atom. The molecule has 1 unspecified atom stereocenters. The fourth-order valence-electron chi connectivity index (χ4n) is 4.90. The molecule has 1 saturated heterocycles. The van der Waals surface area contributed by atoms with E-state index < -0.39 is 11.0 Å². The Balaban J connectivity index is 1.34. The maximum Gasteiger partial charge on any atom is 0.269 e. The summed E-state index contributed by atoms with van der Waals surface area (Å²) in [5.74, 6) is 0.324. The molecule has 1 aromatic heterocycles. The lowest BCUT2D eigenvalue weighted by Crippen LogP contribution is -2.49. The van der Waals surface area contributed by atoms with Crippen molar-refractivity contribution >= 4 is 23.2 Å². The van der Waals surface area contributed by atoms with E-state index >= 15 is 0 Å². The van der Waals surface area contributed by atoms with Gasteiger partial charge in [0.25, 0.3) is 11.6 Å². The smallest absolute Gasteiger partial charge is 0.269 e. The highest BCUT2D eigenvalue weighted by atomic mass is 16.6. The number of carbonyl (C=O) groups excluding carboxylic acids is 2. The highest BCUT2D eigenvalue weighted by Crippen LogP contribution is 2.34. The number of furan rings is 1. The van der Waals surface area contributed by atoms with Crippen molar-refractivity contribution in [2.45, 2.75) is 31.7 Å². The normalized spacial score (nSPS) is 20.4. The van der Waals surface area contributed by atoms with Crippen LogP contribution in [0.5, 0.6) is 0 Å². The maximum absolute atomic E-state index is 13.6. The lowest BCUT2D eigenvalue weighted by molar-refractivity contribution is -0.384. The summed E-state index contributed by atoms with van der Waals surface area (Å²) in [6, 6.07) is 9.24. The lowest BCUT2D eigenvalue weighted by Gasteiger charge is -2.34. The van der Waals surface area contributed by atoms with Gasteiger partial charge in [0.1, 0.15) is 18.3 Å². The number of benzene rings is 1. The first-order valence-corrected chi connectivity index (χ1v) is 12.8. The Hall–Kier alpha value is -3.57. The molecule has 2 amide bonds. The number of hydrogen-bond acceptors (Lipinski definition) is 8. The van der Waals surface area contributed by atoms with Crippen LogP contribution in [-0.2, 0) is 14.3 Å². The summed E-state index contributed by atoms with van der Waals surface area (Å²) in [5.41, 5.74) is 1.32. The molecule has 2 aliphatic heterocycles. The van der Waals surface area contributed by atoms with E-state index in [1.54, 1.807) is 35.4 Å². The van der Waals surface area contributed by atoms with Crippen molar-refractivity contribution < 1.29 is 23.7 Å². The minimum absolute atomic E-state index is 0.0109. The fraction of sp³-hybridized carbons (Fsp3) is 0.500. The van der Waals surface area contributed by atoms with Crippen LogP contribution in [0.2, 0.25) is 0 Å². The molecule has 37 heavy (non-hydrogen) atoms. The van der Waals surface area contributed by atoms with Gasteiger partial charge < -0.3 is 14.1 Å². The summed E-state index contributed by atoms with van der Waals surface area (Å²) in [6.45, 7) is 4.08. The quantitative estimate of drug-likeness (QED) is 0.376. The molecule has 1 aliphatic carbocycles.